The summed E-state index contributed by atoms with van der Waals surface area (Å²) in [5, 5.41) is 28.2. The number of carboxylic acid groups (broad SMARTS) is 1. The fraction of sp³-hybridized carbons (Fsp3) is 0.846. The van der Waals surface area contributed by atoms with Crippen LogP contribution in [0.25, 0.3) is 0 Å². The van der Waals surface area contributed by atoms with Crippen molar-refractivity contribution in [1.82, 2.24) is 9.80 Å². The number of carboxylic acids is 1. The van der Waals surface area contributed by atoms with Crippen LogP contribution in [0.3, 0.4) is 0 Å². The van der Waals surface area contributed by atoms with Gasteiger partial charge in [-0.15, -0.1) is 0 Å². The van der Waals surface area contributed by atoms with Gasteiger partial charge in [-0.1, -0.05) is 0 Å². The molecule has 0 radical (unpaired) electrons. The highest BCUT2D eigenvalue weighted by molar-refractivity contribution is 5.83. The van der Waals surface area contributed by atoms with Gasteiger partial charge in [-0.3, -0.25) is 0 Å². The van der Waals surface area contributed by atoms with Crippen LogP contribution in [0.1, 0.15) is 26.2 Å². The highest BCUT2D eigenvalue weighted by atomic mass is 16.4. The maximum atomic E-state index is 12.4. The van der Waals surface area contributed by atoms with Crippen LogP contribution in [-0.2, 0) is 4.79 Å². The zero-order chi connectivity index (χ0) is 14.9. The average Bonchev–Trinajstić information content (AvgIpc) is 2.80. The van der Waals surface area contributed by atoms with Crippen molar-refractivity contribution in [3.8, 4) is 0 Å². The van der Waals surface area contributed by atoms with E-state index in [1.54, 1.807) is 11.8 Å². The first-order chi connectivity index (χ1) is 9.40. The topological polar surface area (TPSA) is 101 Å². The monoisotopic (exact) mass is 286 g/mol. The van der Waals surface area contributed by atoms with Crippen LogP contribution in [-0.4, -0.2) is 75.0 Å². The number of hydrogen-bond donors (Lipinski definition) is 3. The first-order valence-electron chi connectivity index (χ1n) is 7.04. The van der Waals surface area contributed by atoms with E-state index in [-0.39, 0.29) is 31.0 Å². The van der Waals surface area contributed by atoms with Crippen LogP contribution in [0.4, 0.5) is 4.79 Å². The van der Waals surface area contributed by atoms with Crippen LogP contribution in [0, 0.1) is 5.92 Å². The Morgan fingerprint density at radius 3 is 2.35 bits per heavy atom. The SMILES string of the molecule is CC(O)C1CCN(C(=O)N2CC(O)C[C@H]2C(=O)O)CC1. The zero-order valence-corrected chi connectivity index (χ0v) is 11.6. The van der Waals surface area contributed by atoms with Gasteiger partial charge in [-0.05, 0) is 25.7 Å². The summed E-state index contributed by atoms with van der Waals surface area (Å²) in [7, 11) is 0. The number of amides is 2. The van der Waals surface area contributed by atoms with Crippen molar-refractivity contribution >= 4 is 12.0 Å². The smallest absolute Gasteiger partial charge is 0.326 e. The van der Waals surface area contributed by atoms with Crippen molar-refractivity contribution in [2.75, 3.05) is 19.6 Å². The highest BCUT2D eigenvalue weighted by Crippen LogP contribution is 2.24. The van der Waals surface area contributed by atoms with Gasteiger partial charge >= 0.3 is 12.0 Å². The summed E-state index contributed by atoms with van der Waals surface area (Å²) in [5.74, 6) is -0.882. The number of aliphatic hydroxyl groups is 2. The van der Waals surface area contributed by atoms with Crippen LogP contribution in [0.5, 0.6) is 0 Å². The van der Waals surface area contributed by atoms with Crippen molar-refractivity contribution in [2.24, 2.45) is 5.92 Å². The maximum Gasteiger partial charge on any atom is 0.326 e. The third kappa shape index (κ3) is 3.04. The molecule has 2 aliphatic heterocycles. The Morgan fingerprint density at radius 1 is 1.25 bits per heavy atom. The number of hydrogen-bond acceptors (Lipinski definition) is 4. The number of aliphatic carboxylic acids is 1. The van der Waals surface area contributed by atoms with E-state index >= 15 is 0 Å². The van der Waals surface area contributed by atoms with Crippen molar-refractivity contribution < 1.29 is 24.9 Å². The van der Waals surface area contributed by atoms with E-state index in [1.807, 2.05) is 0 Å². The molecule has 0 saturated carbocycles. The van der Waals surface area contributed by atoms with Gasteiger partial charge in [0.2, 0.25) is 0 Å². The molecule has 2 aliphatic rings. The van der Waals surface area contributed by atoms with Gasteiger partial charge in [0.25, 0.3) is 0 Å². The second-order valence-electron chi connectivity index (χ2n) is 5.74. The second kappa shape index (κ2) is 5.97. The molecular weight excluding hydrogens is 264 g/mol. The summed E-state index contributed by atoms with van der Waals surface area (Å²) in [4.78, 5) is 26.3. The van der Waals surface area contributed by atoms with E-state index in [2.05, 4.69) is 0 Å². The molecule has 0 aromatic heterocycles. The predicted octanol–water partition coefficient (Wildman–Crippen LogP) is -0.281. The molecular formula is C13H22N2O5. The van der Waals surface area contributed by atoms with Gasteiger partial charge in [0.15, 0.2) is 0 Å². The normalized spacial score (nSPS) is 29.6. The lowest BCUT2D eigenvalue weighted by molar-refractivity contribution is -0.141. The van der Waals surface area contributed by atoms with Gasteiger partial charge in [0.1, 0.15) is 6.04 Å². The molecule has 2 unspecified atom stereocenters. The summed E-state index contributed by atoms with van der Waals surface area (Å²) in [6, 6.07) is -1.26. The van der Waals surface area contributed by atoms with Crippen molar-refractivity contribution in [3.05, 3.63) is 0 Å². The predicted molar refractivity (Wildman–Crippen MR) is 70.1 cm³/mol. The molecule has 3 N–H and O–H groups in total. The number of carbonyl (C=O) groups is 2. The van der Waals surface area contributed by atoms with Gasteiger partial charge < -0.3 is 25.1 Å². The summed E-state index contributed by atoms with van der Waals surface area (Å²) in [6.07, 6.45) is 0.378. The Balaban J connectivity index is 1.96. The molecule has 2 fully saturated rings. The number of piperidine rings is 1. The van der Waals surface area contributed by atoms with Crippen LogP contribution >= 0.6 is 0 Å². The van der Waals surface area contributed by atoms with E-state index < -0.39 is 18.1 Å². The molecule has 2 amide bonds. The first kappa shape index (κ1) is 15.1. The number of carbonyl (C=O) groups excluding carboxylic acids is 1. The van der Waals surface area contributed by atoms with E-state index in [0.29, 0.717) is 13.1 Å². The Kier molecular flexibility index (Phi) is 4.49. The minimum absolute atomic E-state index is 0.0755. The number of aliphatic hydroxyl groups excluding tert-OH is 2. The number of rotatable bonds is 2. The lowest BCUT2D eigenvalue weighted by Crippen LogP contribution is -2.51. The maximum absolute atomic E-state index is 12.4. The summed E-state index contributed by atoms with van der Waals surface area (Å²) in [5.41, 5.74) is 0. The molecule has 0 spiro atoms. The molecule has 0 aromatic carbocycles. The Labute approximate surface area is 117 Å². The quantitative estimate of drug-likeness (QED) is 0.648. The largest absolute Gasteiger partial charge is 0.480 e. The molecule has 3 atom stereocenters. The third-order valence-electron chi connectivity index (χ3n) is 4.30. The fourth-order valence-electron chi connectivity index (χ4n) is 3.01. The standard InChI is InChI=1S/C13H22N2O5/c1-8(16)9-2-4-14(5-3-9)13(20)15-7-10(17)6-11(15)12(18)19/h8-11,16-17H,2-7H2,1H3,(H,18,19)/t8?,10?,11-/m0/s1. The highest BCUT2D eigenvalue weighted by Gasteiger charge is 2.41. The van der Waals surface area contributed by atoms with Crippen molar-refractivity contribution in [2.45, 2.75) is 44.4 Å². The Bertz CT molecular complexity index is 379. The number of β-amino-alcohol motifs (C(OH)–C–C–N with tert-alkyl or cyclic N) is 1. The Morgan fingerprint density at radius 2 is 1.85 bits per heavy atom. The molecule has 114 valence electrons. The van der Waals surface area contributed by atoms with Crippen molar-refractivity contribution in [1.29, 1.82) is 0 Å². The van der Waals surface area contributed by atoms with Crippen LogP contribution in [0.15, 0.2) is 0 Å². The van der Waals surface area contributed by atoms with Gasteiger partial charge in [0.05, 0.1) is 12.2 Å². The number of likely N-dealkylation sites (tertiary alicyclic amines) is 2. The number of urea groups is 1. The van der Waals surface area contributed by atoms with E-state index in [4.69, 9.17) is 5.11 Å². The summed E-state index contributed by atoms with van der Waals surface area (Å²) in [6.45, 7) is 2.87. The lowest BCUT2D eigenvalue weighted by Gasteiger charge is -2.36. The minimum Gasteiger partial charge on any atom is -0.480 e. The zero-order valence-electron chi connectivity index (χ0n) is 11.6. The molecule has 7 nitrogen and oxygen atoms in total. The molecule has 0 bridgehead atoms. The fourth-order valence-corrected chi connectivity index (χ4v) is 3.01. The summed E-state index contributed by atoms with van der Waals surface area (Å²) >= 11 is 0. The molecule has 0 aromatic rings. The molecule has 0 aliphatic carbocycles. The van der Waals surface area contributed by atoms with Crippen LogP contribution in [0.2, 0.25) is 0 Å². The molecule has 20 heavy (non-hydrogen) atoms. The molecule has 7 heteroatoms. The minimum atomic E-state index is -1.08. The van der Waals surface area contributed by atoms with E-state index in [1.165, 1.54) is 4.90 Å². The Hall–Kier alpha value is -1.34. The first-order valence-corrected chi connectivity index (χ1v) is 7.04. The van der Waals surface area contributed by atoms with Gasteiger partial charge in [-0.2, -0.15) is 0 Å². The van der Waals surface area contributed by atoms with Gasteiger partial charge in [-0.25, -0.2) is 9.59 Å². The average molecular weight is 286 g/mol. The molecule has 2 saturated heterocycles. The molecule has 2 rings (SSSR count). The lowest BCUT2D eigenvalue weighted by atomic mass is 9.92. The third-order valence-corrected chi connectivity index (χ3v) is 4.30. The van der Waals surface area contributed by atoms with Gasteiger partial charge in [0, 0.05) is 26.1 Å². The number of nitrogens with zero attached hydrogens (tertiary/aromatic N) is 2. The van der Waals surface area contributed by atoms with Crippen LogP contribution < -0.4 is 0 Å². The van der Waals surface area contributed by atoms with Crippen molar-refractivity contribution in [3.63, 3.8) is 0 Å². The summed E-state index contributed by atoms with van der Waals surface area (Å²) < 4.78 is 0. The second-order valence-corrected chi connectivity index (χ2v) is 5.74. The van der Waals surface area contributed by atoms with E-state index in [9.17, 15) is 19.8 Å². The molecule has 2 heterocycles. The van der Waals surface area contributed by atoms with E-state index in [0.717, 1.165) is 12.8 Å².